The molecule has 2 heterocycles. The molecule has 1 aliphatic rings. The van der Waals surface area contributed by atoms with Gasteiger partial charge in [0.05, 0.1) is 36.9 Å². The molecule has 0 saturated carbocycles. The zero-order chi connectivity index (χ0) is 15.6. The molecule has 0 amide bonds. The van der Waals surface area contributed by atoms with Crippen molar-refractivity contribution in [1.29, 1.82) is 0 Å². The van der Waals surface area contributed by atoms with E-state index >= 15 is 0 Å². The normalized spacial score (nSPS) is 16.1. The molecule has 0 aliphatic carbocycles. The number of hydrogen-bond donors (Lipinski definition) is 0. The Hall–Kier alpha value is -2.06. The van der Waals surface area contributed by atoms with Crippen molar-refractivity contribution in [3.05, 3.63) is 42.2 Å². The Kier molecular flexibility index (Phi) is 4.04. The first-order chi connectivity index (χ1) is 10.5. The number of ether oxygens (including phenoxy) is 3. The van der Waals surface area contributed by atoms with E-state index in [1.807, 2.05) is 0 Å². The average molecular weight is 314 g/mol. The van der Waals surface area contributed by atoms with Crippen molar-refractivity contribution in [2.24, 2.45) is 0 Å². The van der Waals surface area contributed by atoms with Crippen molar-refractivity contribution >= 4 is 0 Å². The molecule has 0 atom stereocenters. The van der Waals surface area contributed by atoms with Gasteiger partial charge in [0.15, 0.2) is 12.0 Å². The molecule has 0 bridgehead atoms. The van der Waals surface area contributed by atoms with E-state index in [4.69, 9.17) is 14.2 Å². The van der Waals surface area contributed by atoms with Gasteiger partial charge in [-0.25, -0.2) is 4.68 Å². The summed E-state index contributed by atoms with van der Waals surface area (Å²) in [7, 11) is 0. The number of rotatable bonds is 4. The molecule has 1 aliphatic heterocycles. The van der Waals surface area contributed by atoms with Gasteiger partial charge in [0.1, 0.15) is 6.61 Å². The fraction of sp³-hybridized carbons (Fsp3) is 0.357. The van der Waals surface area contributed by atoms with Gasteiger partial charge in [0.2, 0.25) is 0 Å². The molecule has 1 saturated heterocycles. The van der Waals surface area contributed by atoms with Gasteiger partial charge in [-0.2, -0.15) is 18.3 Å². The van der Waals surface area contributed by atoms with Crippen LogP contribution in [0.3, 0.4) is 0 Å². The Morgan fingerprint density at radius 1 is 1.27 bits per heavy atom. The van der Waals surface area contributed by atoms with Crippen molar-refractivity contribution in [3.8, 4) is 11.4 Å². The molecular formula is C14H13F3N2O3. The van der Waals surface area contributed by atoms with Crippen molar-refractivity contribution in [1.82, 2.24) is 9.78 Å². The third-order valence-electron chi connectivity index (χ3n) is 3.07. The summed E-state index contributed by atoms with van der Waals surface area (Å²) in [6.07, 6.45) is -1.88. The molecule has 22 heavy (non-hydrogen) atoms. The first kappa shape index (κ1) is 14.9. The van der Waals surface area contributed by atoms with Crippen LogP contribution in [-0.2, 0) is 15.7 Å². The second-order valence-corrected chi connectivity index (χ2v) is 4.65. The number of hydrogen-bond acceptors (Lipinski definition) is 4. The lowest BCUT2D eigenvalue weighted by molar-refractivity contribution is -0.137. The first-order valence-corrected chi connectivity index (χ1v) is 6.61. The number of alkyl halides is 3. The van der Waals surface area contributed by atoms with E-state index in [2.05, 4.69) is 5.10 Å². The summed E-state index contributed by atoms with van der Waals surface area (Å²) in [5.41, 5.74) is -0.422. The van der Waals surface area contributed by atoms with Gasteiger partial charge in [0, 0.05) is 0 Å². The Bertz CT molecular complexity index is 636. The molecule has 1 aromatic heterocycles. The van der Waals surface area contributed by atoms with Gasteiger partial charge in [-0.05, 0) is 18.2 Å². The standard InChI is InChI=1S/C14H13F3N2O3/c15-14(16,17)10-2-1-3-11(6-10)19-8-12(7-18-19)22-9-13-20-4-5-21-13/h1-3,6-8,13H,4-5,9H2. The third-order valence-corrected chi connectivity index (χ3v) is 3.07. The Morgan fingerprint density at radius 2 is 2.05 bits per heavy atom. The highest BCUT2D eigenvalue weighted by molar-refractivity contribution is 5.37. The topological polar surface area (TPSA) is 45.5 Å². The van der Waals surface area contributed by atoms with E-state index in [1.165, 1.54) is 29.2 Å². The highest BCUT2D eigenvalue weighted by Crippen LogP contribution is 2.30. The largest absolute Gasteiger partial charge is 0.485 e. The van der Waals surface area contributed by atoms with Gasteiger partial charge >= 0.3 is 6.18 Å². The van der Waals surface area contributed by atoms with E-state index in [0.29, 0.717) is 24.7 Å². The summed E-state index contributed by atoms with van der Waals surface area (Å²) in [4.78, 5) is 0. The lowest BCUT2D eigenvalue weighted by atomic mass is 10.2. The molecule has 3 rings (SSSR count). The van der Waals surface area contributed by atoms with E-state index < -0.39 is 18.0 Å². The lowest BCUT2D eigenvalue weighted by Gasteiger charge is -2.09. The molecule has 0 unspecified atom stereocenters. The van der Waals surface area contributed by atoms with E-state index in [9.17, 15) is 13.2 Å². The van der Waals surface area contributed by atoms with Gasteiger partial charge in [0.25, 0.3) is 0 Å². The molecule has 0 radical (unpaired) electrons. The van der Waals surface area contributed by atoms with Crippen LogP contribution >= 0.6 is 0 Å². The summed E-state index contributed by atoms with van der Waals surface area (Å²) in [5.74, 6) is 0.427. The Labute approximate surface area is 124 Å². The fourth-order valence-electron chi connectivity index (χ4n) is 2.01. The Morgan fingerprint density at radius 3 is 2.77 bits per heavy atom. The molecular weight excluding hydrogens is 301 g/mol. The molecule has 1 aromatic carbocycles. The minimum absolute atomic E-state index is 0.203. The molecule has 2 aromatic rings. The van der Waals surface area contributed by atoms with Crippen molar-refractivity contribution < 1.29 is 27.4 Å². The van der Waals surface area contributed by atoms with Crippen LogP contribution < -0.4 is 4.74 Å². The van der Waals surface area contributed by atoms with Crippen molar-refractivity contribution in [2.45, 2.75) is 12.5 Å². The number of aromatic nitrogens is 2. The van der Waals surface area contributed by atoms with Crippen LogP contribution in [0.25, 0.3) is 5.69 Å². The summed E-state index contributed by atoms with van der Waals surface area (Å²) < 4.78 is 55.3. The van der Waals surface area contributed by atoms with Crippen molar-refractivity contribution in [3.63, 3.8) is 0 Å². The highest BCUT2D eigenvalue weighted by atomic mass is 19.4. The van der Waals surface area contributed by atoms with Crippen LogP contribution in [-0.4, -0.2) is 35.9 Å². The quantitative estimate of drug-likeness (QED) is 0.870. The molecule has 8 heteroatoms. The highest BCUT2D eigenvalue weighted by Gasteiger charge is 2.30. The number of benzene rings is 1. The predicted octanol–water partition coefficient (Wildman–Crippen LogP) is 2.64. The number of halogens is 3. The van der Waals surface area contributed by atoms with Crippen LogP contribution in [0.15, 0.2) is 36.7 Å². The minimum atomic E-state index is -4.39. The SMILES string of the molecule is FC(F)(F)c1cccc(-n2cc(OCC3OCCO3)cn2)c1. The van der Waals surface area contributed by atoms with Gasteiger partial charge in [-0.15, -0.1) is 0 Å². The second-order valence-electron chi connectivity index (χ2n) is 4.65. The van der Waals surface area contributed by atoms with Gasteiger partial charge in [-0.3, -0.25) is 0 Å². The van der Waals surface area contributed by atoms with Crippen LogP contribution in [0, 0.1) is 0 Å². The monoisotopic (exact) mass is 314 g/mol. The maximum atomic E-state index is 12.7. The zero-order valence-electron chi connectivity index (χ0n) is 11.4. The maximum absolute atomic E-state index is 12.7. The first-order valence-electron chi connectivity index (χ1n) is 6.61. The zero-order valence-corrected chi connectivity index (χ0v) is 11.4. The maximum Gasteiger partial charge on any atom is 0.416 e. The van der Waals surface area contributed by atoms with E-state index in [-0.39, 0.29) is 6.61 Å². The molecule has 0 N–H and O–H groups in total. The van der Waals surface area contributed by atoms with E-state index in [1.54, 1.807) is 0 Å². The van der Waals surface area contributed by atoms with Crippen LogP contribution in [0.2, 0.25) is 0 Å². The fourth-order valence-corrected chi connectivity index (χ4v) is 2.01. The molecule has 1 fully saturated rings. The van der Waals surface area contributed by atoms with Gasteiger partial charge in [-0.1, -0.05) is 6.07 Å². The van der Waals surface area contributed by atoms with Crippen molar-refractivity contribution in [2.75, 3.05) is 19.8 Å². The minimum Gasteiger partial charge on any atom is -0.485 e. The summed E-state index contributed by atoms with van der Waals surface area (Å²) >= 11 is 0. The Balaban J connectivity index is 1.70. The lowest BCUT2D eigenvalue weighted by Crippen LogP contribution is -2.18. The average Bonchev–Trinajstić information content (AvgIpc) is 3.16. The third kappa shape index (κ3) is 3.40. The summed E-state index contributed by atoms with van der Waals surface area (Å²) in [6, 6.07) is 4.91. The van der Waals surface area contributed by atoms with Crippen LogP contribution in [0.5, 0.6) is 5.75 Å². The van der Waals surface area contributed by atoms with E-state index in [0.717, 1.165) is 12.1 Å². The number of nitrogens with zero attached hydrogens (tertiary/aromatic N) is 2. The molecule has 118 valence electrons. The summed E-state index contributed by atoms with van der Waals surface area (Å²) in [5, 5.41) is 4.00. The predicted molar refractivity (Wildman–Crippen MR) is 69.8 cm³/mol. The second kappa shape index (κ2) is 5.98. The summed E-state index contributed by atoms with van der Waals surface area (Å²) in [6.45, 7) is 1.25. The smallest absolute Gasteiger partial charge is 0.416 e. The molecule has 5 nitrogen and oxygen atoms in total. The van der Waals surface area contributed by atoms with Crippen LogP contribution in [0.4, 0.5) is 13.2 Å². The van der Waals surface area contributed by atoms with Crippen LogP contribution in [0.1, 0.15) is 5.56 Å². The molecule has 0 spiro atoms. The van der Waals surface area contributed by atoms with Gasteiger partial charge < -0.3 is 14.2 Å².